The topological polar surface area (TPSA) is 96.6 Å². The van der Waals surface area contributed by atoms with Crippen LogP contribution in [0.15, 0.2) is 12.3 Å². The first-order valence-electron chi connectivity index (χ1n) is 6.94. The molecule has 0 bridgehead atoms. The fraction of sp³-hybridized carbons (Fsp3) is 0.188. The summed E-state index contributed by atoms with van der Waals surface area (Å²) in [5, 5.41) is 0. The van der Waals surface area contributed by atoms with E-state index in [1.165, 1.54) is 26.5 Å². The van der Waals surface area contributed by atoms with Gasteiger partial charge >= 0.3 is 0 Å². The minimum Gasteiger partial charge on any atom is -0.494 e. The molecule has 0 amide bonds. The van der Waals surface area contributed by atoms with Crippen LogP contribution in [0.25, 0.3) is 11.8 Å². The summed E-state index contributed by atoms with van der Waals surface area (Å²) in [6.45, 7) is 1.66. The molecule has 0 aliphatic heterocycles. The maximum Gasteiger partial charge on any atom is 0.298 e. The molecule has 0 atom stereocenters. The number of hydrogen-bond donors (Lipinski definition) is 1. The number of nitrogens with two attached hydrogens (primary N) is 1. The molecule has 2 aromatic rings. The SMILES string of the molecule is COc1cc(OC)c(F)c(/C(=C/c2cnc(N)nc2C)OC=O)c1F. The molecule has 0 unspecified atom stereocenters. The molecule has 1 heterocycles. The molecule has 1 aromatic carbocycles. The van der Waals surface area contributed by atoms with E-state index < -0.39 is 23.0 Å². The van der Waals surface area contributed by atoms with Gasteiger partial charge in [-0.15, -0.1) is 0 Å². The van der Waals surface area contributed by atoms with Crippen LogP contribution in [0.4, 0.5) is 14.7 Å². The van der Waals surface area contributed by atoms with E-state index in [-0.39, 0.29) is 23.9 Å². The van der Waals surface area contributed by atoms with E-state index in [4.69, 9.17) is 19.9 Å². The van der Waals surface area contributed by atoms with E-state index in [1.807, 2.05) is 0 Å². The average molecular weight is 351 g/mol. The molecule has 2 rings (SSSR count). The van der Waals surface area contributed by atoms with Crippen LogP contribution in [0.3, 0.4) is 0 Å². The van der Waals surface area contributed by atoms with Crippen molar-refractivity contribution in [1.82, 2.24) is 9.97 Å². The molecule has 0 spiro atoms. The van der Waals surface area contributed by atoms with Gasteiger partial charge in [0.25, 0.3) is 6.47 Å². The number of benzene rings is 1. The predicted molar refractivity (Wildman–Crippen MR) is 85.7 cm³/mol. The molecule has 9 heteroatoms. The number of aryl methyl sites for hydroxylation is 1. The second-order valence-electron chi connectivity index (χ2n) is 4.78. The lowest BCUT2D eigenvalue weighted by atomic mass is 10.1. The van der Waals surface area contributed by atoms with Gasteiger partial charge in [0.05, 0.1) is 25.5 Å². The molecule has 0 aliphatic carbocycles. The molecule has 1 aromatic heterocycles. The van der Waals surface area contributed by atoms with E-state index in [0.29, 0.717) is 11.3 Å². The maximum atomic E-state index is 14.6. The number of methoxy groups -OCH3 is 2. The van der Waals surface area contributed by atoms with Gasteiger partial charge in [0.15, 0.2) is 23.1 Å². The molecule has 0 saturated heterocycles. The van der Waals surface area contributed by atoms with Crippen molar-refractivity contribution in [2.24, 2.45) is 0 Å². The number of aromatic nitrogens is 2. The van der Waals surface area contributed by atoms with Crippen molar-refractivity contribution in [1.29, 1.82) is 0 Å². The van der Waals surface area contributed by atoms with Crippen LogP contribution in [0, 0.1) is 18.6 Å². The highest BCUT2D eigenvalue weighted by molar-refractivity contribution is 5.82. The Morgan fingerprint density at radius 3 is 2.28 bits per heavy atom. The number of hydrogen-bond acceptors (Lipinski definition) is 7. The third kappa shape index (κ3) is 3.65. The van der Waals surface area contributed by atoms with Crippen LogP contribution in [0.2, 0.25) is 0 Å². The van der Waals surface area contributed by atoms with Crippen LogP contribution < -0.4 is 15.2 Å². The van der Waals surface area contributed by atoms with Gasteiger partial charge < -0.3 is 19.9 Å². The predicted octanol–water partition coefficient (Wildman–Crippen LogP) is 2.33. The van der Waals surface area contributed by atoms with E-state index >= 15 is 0 Å². The van der Waals surface area contributed by atoms with Gasteiger partial charge in [-0.2, -0.15) is 0 Å². The molecule has 0 fully saturated rings. The number of halogens is 2. The van der Waals surface area contributed by atoms with E-state index in [2.05, 4.69) is 9.97 Å². The molecular weight excluding hydrogens is 336 g/mol. The molecule has 2 N–H and O–H groups in total. The summed E-state index contributed by atoms with van der Waals surface area (Å²) in [6, 6.07) is 1.05. The Kier molecular flexibility index (Phi) is 5.48. The Labute approximate surface area is 142 Å². The minimum atomic E-state index is -1.05. The summed E-state index contributed by atoms with van der Waals surface area (Å²) in [6.07, 6.45) is 2.54. The van der Waals surface area contributed by atoms with E-state index in [0.717, 1.165) is 6.07 Å². The van der Waals surface area contributed by atoms with Gasteiger partial charge in [-0.3, -0.25) is 4.79 Å². The Morgan fingerprint density at radius 2 is 1.80 bits per heavy atom. The lowest BCUT2D eigenvalue weighted by Crippen LogP contribution is -2.04. The summed E-state index contributed by atoms with van der Waals surface area (Å²) >= 11 is 0. The summed E-state index contributed by atoms with van der Waals surface area (Å²) in [7, 11) is 2.42. The second-order valence-corrected chi connectivity index (χ2v) is 4.78. The maximum absolute atomic E-state index is 14.6. The van der Waals surface area contributed by atoms with Crippen LogP contribution in [-0.4, -0.2) is 30.7 Å². The summed E-state index contributed by atoms with van der Waals surface area (Å²) < 4.78 is 43.7. The average Bonchev–Trinajstić information content (AvgIpc) is 2.58. The van der Waals surface area contributed by atoms with Crippen LogP contribution in [0.1, 0.15) is 16.8 Å². The van der Waals surface area contributed by atoms with E-state index in [1.54, 1.807) is 6.92 Å². The normalized spacial score (nSPS) is 11.2. The molecule has 132 valence electrons. The molecule has 0 radical (unpaired) electrons. The first-order chi connectivity index (χ1) is 11.9. The van der Waals surface area contributed by atoms with Gasteiger partial charge in [0.2, 0.25) is 5.95 Å². The number of ether oxygens (including phenoxy) is 3. The number of carbonyl (C=O) groups excluding carboxylic acids is 1. The van der Waals surface area contributed by atoms with Crippen LogP contribution >= 0.6 is 0 Å². The van der Waals surface area contributed by atoms with Crippen molar-refractivity contribution >= 4 is 24.3 Å². The molecular formula is C16H15F2N3O4. The third-order valence-electron chi connectivity index (χ3n) is 3.32. The first-order valence-corrected chi connectivity index (χ1v) is 6.94. The first kappa shape index (κ1) is 18.1. The number of nitrogens with zero attached hydrogens (tertiary/aromatic N) is 2. The zero-order chi connectivity index (χ0) is 18.6. The number of anilines is 1. The van der Waals surface area contributed by atoms with Gasteiger partial charge in [0.1, 0.15) is 5.76 Å². The number of nitrogen functional groups attached to an aromatic ring is 1. The fourth-order valence-electron chi connectivity index (χ4n) is 2.10. The van der Waals surface area contributed by atoms with E-state index in [9.17, 15) is 13.6 Å². The van der Waals surface area contributed by atoms with Crippen molar-refractivity contribution in [2.75, 3.05) is 20.0 Å². The van der Waals surface area contributed by atoms with Crippen molar-refractivity contribution in [3.8, 4) is 11.5 Å². The third-order valence-corrected chi connectivity index (χ3v) is 3.32. The van der Waals surface area contributed by atoms with Crippen molar-refractivity contribution in [2.45, 2.75) is 6.92 Å². The zero-order valence-electron chi connectivity index (χ0n) is 13.7. The zero-order valence-corrected chi connectivity index (χ0v) is 13.7. The van der Waals surface area contributed by atoms with Gasteiger partial charge in [-0.1, -0.05) is 0 Å². The smallest absolute Gasteiger partial charge is 0.298 e. The highest BCUT2D eigenvalue weighted by atomic mass is 19.1. The Morgan fingerprint density at radius 1 is 1.20 bits per heavy atom. The number of rotatable bonds is 6. The van der Waals surface area contributed by atoms with Crippen molar-refractivity contribution in [3.05, 3.63) is 40.7 Å². The Hall–Kier alpha value is -3.23. The summed E-state index contributed by atoms with van der Waals surface area (Å²) in [5.74, 6) is -3.03. The summed E-state index contributed by atoms with van der Waals surface area (Å²) in [4.78, 5) is 18.6. The molecule has 25 heavy (non-hydrogen) atoms. The molecule has 0 aliphatic rings. The highest BCUT2D eigenvalue weighted by Gasteiger charge is 2.24. The monoisotopic (exact) mass is 351 g/mol. The standard InChI is InChI=1S/C16H15F2N3O4/c1-8-9(6-20-16(19)21-8)4-10(25-7-22)13-14(17)11(23-2)5-12(24-3)15(13)18/h4-7H,1-3H3,(H2,19,20,21)/b10-4-. The minimum absolute atomic E-state index is 0.0351. The quantitative estimate of drug-likeness (QED) is 0.630. The lowest BCUT2D eigenvalue weighted by molar-refractivity contribution is -0.122. The van der Waals surface area contributed by atoms with Gasteiger partial charge in [-0.25, -0.2) is 18.7 Å². The van der Waals surface area contributed by atoms with Gasteiger partial charge in [-0.05, 0) is 13.0 Å². The van der Waals surface area contributed by atoms with Crippen LogP contribution in [-0.2, 0) is 9.53 Å². The largest absolute Gasteiger partial charge is 0.494 e. The summed E-state index contributed by atoms with van der Waals surface area (Å²) in [5.41, 5.74) is 5.62. The molecule has 0 saturated carbocycles. The Balaban J connectivity index is 2.72. The molecule has 7 nitrogen and oxygen atoms in total. The second kappa shape index (κ2) is 7.56. The lowest BCUT2D eigenvalue weighted by Gasteiger charge is -2.14. The van der Waals surface area contributed by atoms with Crippen LogP contribution in [0.5, 0.6) is 11.5 Å². The highest BCUT2D eigenvalue weighted by Crippen LogP contribution is 2.36. The van der Waals surface area contributed by atoms with Crippen molar-refractivity contribution in [3.63, 3.8) is 0 Å². The fourth-order valence-corrected chi connectivity index (χ4v) is 2.10. The Bertz CT molecular complexity index is 812. The number of carbonyl (C=O) groups is 1. The van der Waals surface area contributed by atoms with Crippen molar-refractivity contribution < 1.29 is 27.8 Å². The van der Waals surface area contributed by atoms with Gasteiger partial charge in [0, 0.05) is 17.8 Å².